The topological polar surface area (TPSA) is 70.1 Å². The molecule has 2 aromatic carbocycles. The highest BCUT2D eigenvalue weighted by Crippen LogP contribution is 2.42. The van der Waals surface area contributed by atoms with Gasteiger partial charge in [-0.25, -0.2) is 0 Å². The van der Waals surface area contributed by atoms with Crippen LogP contribution in [0.2, 0.25) is 0 Å². The fraction of sp³-hybridized carbons (Fsp3) is 0.304. The summed E-state index contributed by atoms with van der Waals surface area (Å²) >= 11 is 3.37. The van der Waals surface area contributed by atoms with Gasteiger partial charge in [-0.2, -0.15) is 0 Å². The van der Waals surface area contributed by atoms with Crippen molar-refractivity contribution in [2.24, 2.45) is 0 Å². The molecule has 1 N–H and O–H groups in total. The number of aliphatic hydroxyl groups is 1. The average molecular weight is 473 g/mol. The van der Waals surface area contributed by atoms with E-state index >= 15 is 0 Å². The molecule has 0 aromatic heterocycles. The van der Waals surface area contributed by atoms with Crippen LogP contribution in [0.5, 0.6) is 5.75 Å². The Morgan fingerprint density at radius 3 is 2.43 bits per heavy atom. The summed E-state index contributed by atoms with van der Waals surface area (Å²) in [6, 6.07) is 13.5. The average Bonchev–Trinajstić information content (AvgIpc) is 2.98. The first-order valence-corrected chi connectivity index (χ1v) is 10.5. The molecule has 0 spiro atoms. The Bertz CT molecular complexity index is 969. The molecule has 0 aliphatic carbocycles. The van der Waals surface area contributed by atoms with Gasteiger partial charge in [0, 0.05) is 22.1 Å². The number of carbonyl (C=O) groups is 2. The molecule has 1 aliphatic rings. The Balaban J connectivity index is 2.13. The molecule has 1 aliphatic heterocycles. The molecule has 0 saturated carbocycles. The van der Waals surface area contributed by atoms with Crippen molar-refractivity contribution in [3.63, 3.8) is 0 Å². The van der Waals surface area contributed by atoms with Gasteiger partial charge in [-0.3, -0.25) is 9.59 Å². The quantitative estimate of drug-likeness (QED) is 0.376. The van der Waals surface area contributed by atoms with E-state index in [1.165, 1.54) is 4.90 Å². The van der Waals surface area contributed by atoms with Gasteiger partial charge >= 0.3 is 0 Å². The lowest BCUT2D eigenvalue weighted by Crippen LogP contribution is -2.32. The highest BCUT2D eigenvalue weighted by molar-refractivity contribution is 9.10. The van der Waals surface area contributed by atoms with Crippen LogP contribution < -0.4 is 4.74 Å². The summed E-state index contributed by atoms with van der Waals surface area (Å²) in [6.07, 6.45) is 0.698. The first-order valence-electron chi connectivity index (χ1n) is 9.67. The summed E-state index contributed by atoms with van der Waals surface area (Å²) in [6.45, 7) is 1.16. The maximum Gasteiger partial charge on any atom is 0.295 e. The van der Waals surface area contributed by atoms with Crippen LogP contribution in [-0.4, -0.2) is 60.9 Å². The van der Waals surface area contributed by atoms with Gasteiger partial charge in [0.1, 0.15) is 11.5 Å². The normalized spacial score (nSPS) is 18.3. The monoisotopic (exact) mass is 472 g/mol. The van der Waals surface area contributed by atoms with E-state index in [1.54, 1.807) is 37.4 Å². The standard InChI is InChI=1S/C23H25BrN2O4/c1-25(2)13-6-14-26-20(17-7-4-5-8-18(17)30-3)19(22(28)23(26)29)21(27)15-9-11-16(24)12-10-15/h4-5,7-12,20,27H,6,13-14H2,1-3H3/b21-19-. The van der Waals surface area contributed by atoms with Gasteiger partial charge in [0.25, 0.3) is 11.7 Å². The zero-order chi connectivity index (χ0) is 21.8. The number of para-hydroxylation sites is 1. The summed E-state index contributed by atoms with van der Waals surface area (Å²) in [4.78, 5) is 29.5. The van der Waals surface area contributed by atoms with Crippen molar-refractivity contribution >= 4 is 33.4 Å². The van der Waals surface area contributed by atoms with Crippen LogP contribution in [0.15, 0.2) is 58.6 Å². The summed E-state index contributed by atoms with van der Waals surface area (Å²) in [7, 11) is 5.46. The number of likely N-dealkylation sites (tertiary alicyclic amines) is 1. The van der Waals surface area contributed by atoms with Crippen molar-refractivity contribution in [3.8, 4) is 5.75 Å². The summed E-state index contributed by atoms with van der Waals surface area (Å²) < 4.78 is 6.35. The van der Waals surface area contributed by atoms with E-state index < -0.39 is 17.7 Å². The van der Waals surface area contributed by atoms with Crippen molar-refractivity contribution in [2.45, 2.75) is 12.5 Å². The van der Waals surface area contributed by atoms with E-state index in [0.717, 1.165) is 11.0 Å². The predicted octanol–water partition coefficient (Wildman–Crippen LogP) is 3.83. The van der Waals surface area contributed by atoms with Gasteiger partial charge in [0.05, 0.1) is 18.7 Å². The number of amides is 1. The SMILES string of the molecule is COc1ccccc1C1/C(=C(/O)c2ccc(Br)cc2)C(=O)C(=O)N1CCCN(C)C. The third-order valence-electron chi connectivity index (χ3n) is 5.10. The number of aliphatic hydroxyl groups excluding tert-OH is 1. The highest BCUT2D eigenvalue weighted by Gasteiger charge is 2.46. The molecular weight excluding hydrogens is 448 g/mol. The van der Waals surface area contributed by atoms with E-state index in [0.29, 0.717) is 29.8 Å². The van der Waals surface area contributed by atoms with Gasteiger partial charge in [0.2, 0.25) is 0 Å². The molecular formula is C23H25BrN2O4. The Morgan fingerprint density at radius 1 is 1.13 bits per heavy atom. The summed E-state index contributed by atoms with van der Waals surface area (Å²) in [5.41, 5.74) is 1.23. The highest BCUT2D eigenvalue weighted by atomic mass is 79.9. The Morgan fingerprint density at radius 2 is 1.80 bits per heavy atom. The first-order chi connectivity index (χ1) is 14.3. The van der Waals surface area contributed by atoms with Crippen LogP contribution in [0, 0.1) is 0 Å². The molecule has 30 heavy (non-hydrogen) atoms. The lowest BCUT2D eigenvalue weighted by Gasteiger charge is -2.27. The van der Waals surface area contributed by atoms with Crippen LogP contribution in [0.3, 0.4) is 0 Å². The molecule has 1 saturated heterocycles. The van der Waals surface area contributed by atoms with Crippen LogP contribution in [0.25, 0.3) is 5.76 Å². The number of hydrogen-bond acceptors (Lipinski definition) is 5. The van der Waals surface area contributed by atoms with Crippen molar-refractivity contribution < 1.29 is 19.4 Å². The minimum Gasteiger partial charge on any atom is -0.507 e. The Labute approximate surface area is 184 Å². The van der Waals surface area contributed by atoms with E-state index in [4.69, 9.17) is 4.74 Å². The number of hydrogen-bond donors (Lipinski definition) is 1. The lowest BCUT2D eigenvalue weighted by atomic mass is 9.94. The zero-order valence-electron chi connectivity index (χ0n) is 17.3. The number of rotatable bonds is 7. The first kappa shape index (κ1) is 22.1. The van der Waals surface area contributed by atoms with E-state index in [-0.39, 0.29) is 11.3 Å². The molecule has 6 nitrogen and oxygen atoms in total. The fourth-order valence-corrected chi connectivity index (χ4v) is 3.91. The van der Waals surface area contributed by atoms with Gasteiger partial charge in [-0.1, -0.05) is 46.3 Å². The Kier molecular flexibility index (Phi) is 6.95. The van der Waals surface area contributed by atoms with Crippen molar-refractivity contribution in [2.75, 3.05) is 34.3 Å². The number of methoxy groups -OCH3 is 1. The summed E-state index contributed by atoms with van der Waals surface area (Å²) in [5, 5.41) is 11.0. The van der Waals surface area contributed by atoms with E-state index in [2.05, 4.69) is 15.9 Å². The molecule has 1 amide bonds. The van der Waals surface area contributed by atoms with Gasteiger partial charge in [-0.05, 0) is 45.3 Å². The number of carbonyl (C=O) groups excluding carboxylic acids is 2. The summed E-state index contributed by atoms with van der Waals surface area (Å²) in [5.74, 6) is -0.921. The van der Waals surface area contributed by atoms with Crippen LogP contribution in [0.1, 0.15) is 23.6 Å². The second-order valence-corrected chi connectivity index (χ2v) is 8.31. The van der Waals surface area contributed by atoms with Gasteiger partial charge in [0.15, 0.2) is 0 Å². The molecule has 2 aromatic rings. The number of Topliss-reactive ketones (excluding diaryl/α,β-unsaturated/α-hetero) is 1. The second-order valence-electron chi connectivity index (χ2n) is 7.40. The minimum atomic E-state index is -0.716. The number of halogens is 1. The molecule has 158 valence electrons. The molecule has 0 radical (unpaired) electrons. The molecule has 3 rings (SSSR count). The van der Waals surface area contributed by atoms with Crippen molar-refractivity contribution in [3.05, 3.63) is 69.7 Å². The van der Waals surface area contributed by atoms with E-state index in [9.17, 15) is 14.7 Å². The third kappa shape index (κ3) is 4.42. The molecule has 1 unspecified atom stereocenters. The molecule has 1 fully saturated rings. The third-order valence-corrected chi connectivity index (χ3v) is 5.62. The minimum absolute atomic E-state index is 0.0803. The van der Waals surface area contributed by atoms with Crippen LogP contribution >= 0.6 is 15.9 Å². The van der Waals surface area contributed by atoms with Gasteiger partial charge < -0.3 is 19.6 Å². The largest absolute Gasteiger partial charge is 0.507 e. The molecule has 1 heterocycles. The van der Waals surface area contributed by atoms with Crippen LogP contribution in [-0.2, 0) is 9.59 Å². The number of benzene rings is 2. The Hall–Kier alpha value is -2.64. The predicted molar refractivity (Wildman–Crippen MR) is 119 cm³/mol. The molecule has 0 bridgehead atoms. The fourth-order valence-electron chi connectivity index (χ4n) is 3.65. The molecule has 7 heteroatoms. The van der Waals surface area contributed by atoms with Crippen molar-refractivity contribution in [1.82, 2.24) is 9.80 Å². The number of ketones is 1. The smallest absolute Gasteiger partial charge is 0.295 e. The lowest BCUT2D eigenvalue weighted by molar-refractivity contribution is -0.140. The number of nitrogens with zero attached hydrogens (tertiary/aromatic N) is 2. The van der Waals surface area contributed by atoms with Gasteiger partial charge in [-0.15, -0.1) is 0 Å². The maximum absolute atomic E-state index is 13.0. The van der Waals surface area contributed by atoms with Crippen molar-refractivity contribution in [1.29, 1.82) is 0 Å². The maximum atomic E-state index is 13.0. The second kappa shape index (κ2) is 9.45. The van der Waals surface area contributed by atoms with Crippen LogP contribution in [0.4, 0.5) is 0 Å². The number of ether oxygens (including phenoxy) is 1. The van der Waals surface area contributed by atoms with E-state index in [1.807, 2.05) is 37.2 Å². The molecule has 1 atom stereocenters. The zero-order valence-corrected chi connectivity index (χ0v) is 18.8.